The summed E-state index contributed by atoms with van der Waals surface area (Å²) in [6, 6.07) is 0.821. The van der Waals surface area contributed by atoms with Crippen molar-refractivity contribution in [2.24, 2.45) is 10.9 Å². The summed E-state index contributed by atoms with van der Waals surface area (Å²) in [6.07, 6.45) is 9.77. The fourth-order valence-corrected chi connectivity index (χ4v) is 3.35. The average molecular weight is 454 g/mol. The van der Waals surface area contributed by atoms with Crippen molar-refractivity contribution < 1.29 is 4.79 Å². The maximum atomic E-state index is 12.2. The minimum Gasteiger partial charge on any atom is -0.356 e. The number of rotatable bonds is 7. The smallest absolute Gasteiger partial charge is 0.223 e. The number of hydrogen-bond acceptors (Lipinski definition) is 3. The Kier molecular flexibility index (Phi) is 10.3. The molecule has 5 nitrogen and oxygen atoms in total. The molecule has 3 N–H and O–H groups in total. The van der Waals surface area contributed by atoms with Gasteiger partial charge in [-0.15, -0.1) is 24.0 Å². The van der Waals surface area contributed by atoms with Crippen molar-refractivity contribution in [2.75, 3.05) is 25.6 Å². The molecule has 0 saturated heterocycles. The van der Waals surface area contributed by atoms with Crippen molar-refractivity contribution in [3.63, 3.8) is 0 Å². The first-order valence-corrected chi connectivity index (χ1v) is 9.88. The molecule has 2 aliphatic rings. The van der Waals surface area contributed by atoms with Crippen LogP contribution < -0.4 is 16.0 Å². The van der Waals surface area contributed by atoms with Crippen molar-refractivity contribution in [3.8, 4) is 0 Å². The van der Waals surface area contributed by atoms with Gasteiger partial charge in [0.2, 0.25) is 5.91 Å². The Morgan fingerprint density at radius 3 is 2.61 bits per heavy atom. The highest BCUT2D eigenvalue weighted by Crippen LogP contribution is 2.26. The molecule has 2 saturated carbocycles. The van der Waals surface area contributed by atoms with E-state index in [0.717, 1.165) is 63.2 Å². The van der Waals surface area contributed by atoms with Gasteiger partial charge < -0.3 is 16.0 Å². The lowest BCUT2D eigenvalue weighted by Crippen LogP contribution is -2.47. The van der Waals surface area contributed by atoms with Crippen LogP contribution in [0.1, 0.15) is 44.9 Å². The standard InChI is InChI=1S/C16H30N4OS.HI/c1-17-16(18-9-4-10-22-2)20-14-6-3-5-12(11-14)15(21)19-13-7-8-13;/h12-14H,3-11H2,1-2H3,(H,19,21)(H2,17,18,20);1H. The third-order valence-corrected chi connectivity index (χ3v) is 5.05. The molecule has 23 heavy (non-hydrogen) atoms. The van der Waals surface area contributed by atoms with E-state index in [4.69, 9.17) is 0 Å². The highest BCUT2D eigenvalue weighted by atomic mass is 127. The maximum Gasteiger partial charge on any atom is 0.223 e. The van der Waals surface area contributed by atoms with Crippen LogP contribution in [-0.2, 0) is 4.79 Å². The number of carbonyl (C=O) groups is 1. The fourth-order valence-electron chi connectivity index (χ4n) is 2.92. The number of halogens is 1. The van der Waals surface area contributed by atoms with E-state index in [1.165, 1.54) is 0 Å². The van der Waals surface area contributed by atoms with Gasteiger partial charge >= 0.3 is 0 Å². The molecule has 134 valence electrons. The van der Waals surface area contributed by atoms with Gasteiger partial charge in [0.1, 0.15) is 0 Å². The zero-order chi connectivity index (χ0) is 15.8. The van der Waals surface area contributed by atoms with Crippen LogP contribution in [0.3, 0.4) is 0 Å². The Balaban J connectivity index is 0.00000264. The van der Waals surface area contributed by atoms with E-state index < -0.39 is 0 Å². The molecule has 2 fully saturated rings. The van der Waals surface area contributed by atoms with Crippen LogP contribution in [0.5, 0.6) is 0 Å². The van der Waals surface area contributed by atoms with E-state index in [9.17, 15) is 4.79 Å². The number of nitrogens with zero attached hydrogens (tertiary/aromatic N) is 1. The fraction of sp³-hybridized carbons (Fsp3) is 0.875. The van der Waals surface area contributed by atoms with Gasteiger partial charge in [-0.3, -0.25) is 9.79 Å². The normalized spacial score (nSPS) is 24.5. The highest BCUT2D eigenvalue weighted by Gasteiger charge is 2.31. The molecule has 0 aliphatic heterocycles. The van der Waals surface area contributed by atoms with Gasteiger partial charge in [-0.05, 0) is 50.5 Å². The van der Waals surface area contributed by atoms with Gasteiger partial charge in [0.25, 0.3) is 0 Å². The first-order valence-electron chi connectivity index (χ1n) is 8.49. The molecule has 2 unspecified atom stereocenters. The summed E-state index contributed by atoms with van der Waals surface area (Å²) in [7, 11) is 1.81. The van der Waals surface area contributed by atoms with E-state index in [-0.39, 0.29) is 35.8 Å². The number of nitrogens with one attached hydrogen (secondary N) is 3. The Hall–Kier alpha value is -0.180. The first kappa shape index (κ1) is 20.9. The zero-order valence-electron chi connectivity index (χ0n) is 14.3. The molecule has 7 heteroatoms. The second-order valence-corrected chi connectivity index (χ2v) is 7.32. The lowest BCUT2D eigenvalue weighted by atomic mass is 9.85. The summed E-state index contributed by atoms with van der Waals surface area (Å²) in [5, 5.41) is 10.00. The summed E-state index contributed by atoms with van der Waals surface area (Å²) in [6.45, 7) is 0.943. The second-order valence-electron chi connectivity index (χ2n) is 6.33. The molecular formula is C16H31IN4OS. The molecule has 2 rings (SSSR count). The van der Waals surface area contributed by atoms with Crippen molar-refractivity contribution in [1.29, 1.82) is 0 Å². The number of carbonyl (C=O) groups excluding carboxylic acids is 1. The minimum absolute atomic E-state index is 0. The van der Waals surface area contributed by atoms with E-state index in [0.29, 0.717) is 12.1 Å². The molecule has 0 spiro atoms. The van der Waals surface area contributed by atoms with Crippen molar-refractivity contribution in [3.05, 3.63) is 0 Å². The molecule has 0 aromatic carbocycles. The molecule has 2 atom stereocenters. The second kappa shape index (κ2) is 11.4. The third-order valence-electron chi connectivity index (χ3n) is 4.35. The largest absolute Gasteiger partial charge is 0.356 e. The van der Waals surface area contributed by atoms with Gasteiger partial charge in [-0.2, -0.15) is 11.8 Å². The molecule has 0 heterocycles. The summed E-state index contributed by atoms with van der Waals surface area (Å²) >= 11 is 1.87. The first-order chi connectivity index (χ1) is 10.7. The number of guanidine groups is 1. The van der Waals surface area contributed by atoms with Gasteiger partial charge in [-0.25, -0.2) is 0 Å². The SMILES string of the molecule is CN=C(NCCCSC)NC1CCCC(C(=O)NC2CC2)C1.I. The molecular weight excluding hydrogens is 423 g/mol. The van der Waals surface area contributed by atoms with E-state index in [1.54, 1.807) is 0 Å². The van der Waals surface area contributed by atoms with Crippen LogP contribution in [0.4, 0.5) is 0 Å². The number of thioether (sulfide) groups is 1. The third kappa shape index (κ3) is 7.96. The van der Waals surface area contributed by atoms with Crippen LogP contribution in [0.2, 0.25) is 0 Å². The number of hydrogen-bond donors (Lipinski definition) is 3. The van der Waals surface area contributed by atoms with Crippen LogP contribution in [0.15, 0.2) is 4.99 Å². The summed E-state index contributed by atoms with van der Waals surface area (Å²) in [5.74, 6) is 2.46. The van der Waals surface area contributed by atoms with Crippen molar-refractivity contribution in [1.82, 2.24) is 16.0 Å². The van der Waals surface area contributed by atoms with E-state index in [2.05, 4.69) is 27.2 Å². The summed E-state index contributed by atoms with van der Waals surface area (Å²) < 4.78 is 0. The molecule has 0 aromatic rings. The van der Waals surface area contributed by atoms with Crippen LogP contribution in [-0.4, -0.2) is 49.6 Å². The quantitative estimate of drug-likeness (QED) is 0.239. The molecule has 0 aromatic heterocycles. The van der Waals surface area contributed by atoms with Gasteiger partial charge in [0, 0.05) is 31.6 Å². The van der Waals surface area contributed by atoms with Crippen molar-refractivity contribution >= 4 is 47.6 Å². The lowest BCUT2D eigenvalue weighted by Gasteiger charge is -2.30. The van der Waals surface area contributed by atoms with E-state index >= 15 is 0 Å². The predicted molar refractivity (Wildman–Crippen MR) is 110 cm³/mol. The lowest BCUT2D eigenvalue weighted by molar-refractivity contribution is -0.126. The van der Waals surface area contributed by atoms with Crippen LogP contribution in [0, 0.1) is 5.92 Å². The monoisotopic (exact) mass is 454 g/mol. The Morgan fingerprint density at radius 1 is 1.17 bits per heavy atom. The summed E-state index contributed by atoms with van der Waals surface area (Å²) in [4.78, 5) is 16.5. The molecule has 0 radical (unpaired) electrons. The Bertz CT molecular complexity index is 390. The maximum absolute atomic E-state index is 12.2. The number of aliphatic imine (C=N–C) groups is 1. The predicted octanol–water partition coefficient (Wildman–Crippen LogP) is 2.36. The van der Waals surface area contributed by atoms with Crippen LogP contribution >= 0.6 is 35.7 Å². The average Bonchev–Trinajstić information content (AvgIpc) is 3.34. The minimum atomic E-state index is 0. The molecule has 1 amide bonds. The zero-order valence-corrected chi connectivity index (χ0v) is 17.4. The van der Waals surface area contributed by atoms with Gasteiger partial charge in [-0.1, -0.05) is 6.42 Å². The summed E-state index contributed by atoms with van der Waals surface area (Å²) in [5.41, 5.74) is 0. The Labute approximate surface area is 161 Å². The molecule has 0 bridgehead atoms. The van der Waals surface area contributed by atoms with E-state index in [1.807, 2.05) is 18.8 Å². The highest BCUT2D eigenvalue weighted by molar-refractivity contribution is 14.0. The van der Waals surface area contributed by atoms with Gasteiger partial charge in [0.15, 0.2) is 5.96 Å². The van der Waals surface area contributed by atoms with Crippen LogP contribution in [0.25, 0.3) is 0 Å². The molecule has 2 aliphatic carbocycles. The Morgan fingerprint density at radius 2 is 1.96 bits per heavy atom. The van der Waals surface area contributed by atoms with Crippen molar-refractivity contribution in [2.45, 2.75) is 57.0 Å². The number of amides is 1. The van der Waals surface area contributed by atoms with Gasteiger partial charge in [0.05, 0.1) is 0 Å². The topological polar surface area (TPSA) is 65.5 Å².